The molecule has 5 heteroatoms. The van der Waals surface area contributed by atoms with Crippen LogP contribution in [0.25, 0.3) is 0 Å². The van der Waals surface area contributed by atoms with Crippen LogP contribution in [0.5, 0.6) is 0 Å². The number of hydrogen-bond donors (Lipinski definition) is 4. The average Bonchev–Trinajstić information content (AvgIpc) is 3.12. The summed E-state index contributed by atoms with van der Waals surface area (Å²) < 4.78 is 0. The van der Waals surface area contributed by atoms with Gasteiger partial charge in [-0.05, 0) is 71.4 Å². The lowest BCUT2D eigenvalue weighted by molar-refractivity contribution is -0.216. The van der Waals surface area contributed by atoms with Gasteiger partial charge in [0.1, 0.15) is 5.60 Å². The Morgan fingerprint density at radius 2 is 0.978 bits per heavy atom. The number of aliphatic hydroxyl groups excluding tert-OH is 2. The summed E-state index contributed by atoms with van der Waals surface area (Å²) >= 11 is 0. The average molecular weight is 619 g/mol. The highest BCUT2D eigenvalue weighted by Crippen LogP contribution is 2.53. The fraction of sp³-hybridized carbons (Fsp3) is 0.525. The fourth-order valence-corrected chi connectivity index (χ4v) is 6.62. The predicted molar refractivity (Wildman–Crippen MR) is 187 cm³/mol. The number of rotatable bonds is 11. The summed E-state index contributed by atoms with van der Waals surface area (Å²) in [5.41, 5.74) is -0.259. The maximum absolute atomic E-state index is 12.9. The molecule has 0 saturated heterocycles. The SMILES string of the molecule is CC(C=CC=C(C)C=CC(=O)C1(C)CC(O)CC1(C)C)=CC=CC=C(C)C=CC=C(C)C=CC1(O)C(C)(C)CC(O)CC1(C)O. The quantitative estimate of drug-likeness (QED) is 0.139. The van der Waals surface area contributed by atoms with Gasteiger partial charge in [-0.2, -0.15) is 0 Å². The Morgan fingerprint density at radius 3 is 1.44 bits per heavy atom. The standard InChI is InChI=1S/C40H58O5/c1-29(17-13-19-31(3)21-22-35(43)38(9)27-33(41)25-36(38,5)6)15-11-12-16-30(2)18-14-20-32(4)23-24-40(45)37(7,8)26-34(42)28-39(40,10)44/h11-24,33-34,41-42,44-45H,25-28H2,1-10H3. The zero-order valence-corrected chi connectivity index (χ0v) is 29.3. The Hall–Kier alpha value is -2.83. The van der Waals surface area contributed by atoms with Gasteiger partial charge in [0.15, 0.2) is 5.78 Å². The van der Waals surface area contributed by atoms with Crippen LogP contribution in [-0.4, -0.2) is 49.6 Å². The minimum Gasteiger partial charge on any atom is -0.393 e. The molecule has 0 aliphatic heterocycles. The van der Waals surface area contributed by atoms with Crippen LogP contribution in [0, 0.1) is 16.2 Å². The molecule has 5 nitrogen and oxygen atoms in total. The second-order valence-corrected chi connectivity index (χ2v) is 15.0. The Balaban J connectivity index is 1.92. The lowest BCUT2D eigenvalue weighted by atomic mass is 9.57. The molecule has 4 N–H and O–H groups in total. The van der Waals surface area contributed by atoms with E-state index in [-0.39, 0.29) is 17.6 Å². The Kier molecular flexibility index (Phi) is 12.9. The molecule has 5 atom stereocenters. The van der Waals surface area contributed by atoms with E-state index >= 15 is 0 Å². The molecular weight excluding hydrogens is 560 g/mol. The van der Waals surface area contributed by atoms with Crippen LogP contribution in [0.4, 0.5) is 0 Å². The number of hydrogen-bond acceptors (Lipinski definition) is 5. The van der Waals surface area contributed by atoms with Crippen molar-refractivity contribution in [3.05, 3.63) is 107 Å². The molecule has 5 unspecified atom stereocenters. The number of allylic oxidation sites excluding steroid dienone is 17. The summed E-state index contributed by atoms with van der Waals surface area (Å²) in [6, 6.07) is 0. The van der Waals surface area contributed by atoms with E-state index in [0.29, 0.717) is 19.3 Å². The molecule has 2 fully saturated rings. The van der Waals surface area contributed by atoms with Crippen molar-refractivity contribution in [3.8, 4) is 0 Å². The third-order valence-electron chi connectivity index (χ3n) is 10.0. The highest BCUT2D eigenvalue weighted by Gasteiger charge is 2.58. The first-order chi connectivity index (χ1) is 20.7. The molecule has 0 radical (unpaired) electrons. The van der Waals surface area contributed by atoms with Crippen LogP contribution in [0.3, 0.4) is 0 Å². The number of carbonyl (C=O) groups excluding carboxylic acids is 1. The van der Waals surface area contributed by atoms with Crippen molar-refractivity contribution in [2.45, 2.75) is 118 Å². The van der Waals surface area contributed by atoms with E-state index in [1.165, 1.54) is 0 Å². The summed E-state index contributed by atoms with van der Waals surface area (Å²) in [6.07, 6.45) is 27.6. The summed E-state index contributed by atoms with van der Waals surface area (Å²) in [4.78, 5) is 12.9. The van der Waals surface area contributed by atoms with Gasteiger partial charge >= 0.3 is 0 Å². The molecule has 0 heterocycles. The van der Waals surface area contributed by atoms with Gasteiger partial charge in [0.2, 0.25) is 0 Å². The Bertz CT molecular complexity index is 1320. The molecule has 0 spiro atoms. The smallest absolute Gasteiger partial charge is 0.162 e. The highest BCUT2D eigenvalue weighted by molar-refractivity contribution is 5.95. The third kappa shape index (κ3) is 9.83. The lowest BCUT2D eigenvalue weighted by Gasteiger charge is -2.54. The number of carbonyl (C=O) groups is 1. The second-order valence-electron chi connectivity index (χ2n) is 15.0. The summed E-state index contributed by atoms with van der Waals surface area (Å²) in [7, 11) is 0. The van der Waals surface area contributed by atoms with Crippen molar-refractivity contribution in [1.82, 2.24) is 0 Å². The van der Waals surface area contributed by atoms with Crippen molar-refractivity contribution in [2.75, 3.05) is 0 Å². The van der Waals surface area contributed by atoms with E-state index in [4.69, 9.17) is 0 Å². The molecular formula is C40H58O5. The van der Waals surface area contributed by atoms with E-state index in [0.717, 1.165) is 22.3 Å². The summed E-state index contributed by atoms with van der Waals surface area (Å²) in [5.74, 6) is 0.0685. The largest absolute Gasteiger partial charge is 0.393 e. The minimum atomic E-state index is -1.46. The normalized spacial score (nSPS) is 33.6. The Labute approximate surface area is 272 Å². The van der Waals surface area contributed by atoms with Crippen LogP contribution >= 0.6 is 0 Å². The zero-order chi connectivity index (χ0) is 34.3. The monoisotopic (exact) mass is 618 g/mol. The Morgan fingerprint density at radius 1 is 0.556 bits per heavy atom. The topological polar surface area (TPSA) is 98.0 Å². The molecule has 2 rings (SSSR count). The van der Waals surface area contributed by atoms with Gasteiger partial charge in [-0.25, -0.2) is 0 Å². The van der Waals surface area contributed by atoms with E-state index in [1.807, 2.05) is 121 Å². The highest BCUT2D eigenvalue weighted by atomic mass is 16.4. The van der Waals surface area contributed by atoms with Crippen LogP contribution in [0.15, 0.2) is 107 Å². The minimum absolute atomic E-state index is 0.0685. The van der Waals surface area contributed by atoms with Gasteiger partial charge in [0.25, 0.3) is 0 Å². The summed E-state index contributed by atoms with van der Waals surface area (Å²) in [5, 5.41) is 42.6. The van der Waals surface area contributed by atoms with Crippen molar-refractivity contribution in [1.29, 1.82) is 0 Å². The van der Waals surface area contributed by atoms with Crippen molar-refractivity contribution in [2.24, 2.45) is 16.2 Å². The van der Waals surface area contributed by atoms with Crippen LogP contribution < -0.4 is 0 Å². The van der Waals surface area contributed by atoms with Crippen LogP contribution in [-0.2, 0) is 4.79 Å². The maximum atomic E-state index is 12.9. The van der Waals surface area contributed by atoms with Crippen LogP contribution in [0.2, 0.25) is 0 Å². The molecule has 0 amide bonds. The number of aliphatic hydroxyl groups is 4. The third-order valence-corrected chi connectivity index (χ3v) is 10.0. The second kappa shape index (κ2) is 15.2. The molecule has 45 heavy (non-hydrogen) atoms. The zero-order valence-electron chi connectivity index (χ0n) is 29.3. The fourth-order valence-electron chi connectivity index (χ4n) is 6.62. The molecule has 0 aromatic carbocycles. The van der Waals surface area contributed by atoms with Crippen molar-refractivity contribution in [3.63, 3.8) is 0 Å². The molecule has 2 saturated carbocycles. The van der Waals surface area contributed by atoms with E-state index in [2.05, 4.69) is 13.8 Å². The molecule has 2 aliphatic carbocycles. The lowest BCUT2D eigenvalue weighted by Crippen LogP contribution is -2.65. The first-order valence-corrected chi connectivity index (χ1v) is 16.1. The van der Waals surface area contributed by atoms with Gasteiger partial charge < -0.3 is 20.4 Å². The molecule has 0 bridgehead atoms. The predicted octanol–water partition coefficient (Wildman–Crippen LogP) is 7.97. The van der Waals surface area contributed by atoms with E-state index in [9.17, 15) is 25.2 Å². The first-order valence-electron chi connectivity index (χ1n) is 16.1. The summed E-state index contributed by atoms with van der Waals surface area (Å²) in [6.45, 7) is 19.4. The van der Waals surface area contributed by atoms with Gasteiger partial charge in [-0.1, -0.05) is 130 Å². The van der Waals surface area contributed by atoms with Crippen LogP contribution in [0.1, 0.15) is 94.9 Å². The van der Waals surface area contributed by atoms with Gasteiger partial charge in [0.05, 0.1) is 17.8 Å². The molecule has 2 aliphatic rings. The van der Waals surface area contributed by atoms with Crippen molar-refractivity contribution >= 4 is 5.78 Å². The maximum Gasteiger partial charge on any atom is 0.162 e. The van der Waals surface area contributed by atoms with Crippen molar-refractivity contribution < 1.29 is 25.2 Å². The first kappa shape index (κ1) is 38.4. The van der Waals surface area contributed by atoms with Gasteiger partial charge in [-0.3, -0.25) is 4.79 Å². The molecule has 0 aromatic heterocycles. The van der Waals surface area contributed by atoms with Gasteiger partial charge in [-0.15, -0.1) is 0 Å². The van der Waals surface area contributed by atoms with Gasteiger partial charge in [0, 0.05) is 17.3 Å². The number of ketones is 1. The van der Waals surface area contributed by atoms with E-state index in [1.54, 1.807) is 19.1 Å². The molecule has 248 valence electrons. The van der Waals surface area contributed by atoms with E-state index < -0.39 is 34.2 Å². The molecule has 0 aromatic rings.